The van der Waals surface area contributed by atoms with Crippen LogP contribution in [0, 0.1) is 12.8 Å². The molecule has 1 unspecified atom stereocenters. The van der Waals surface area contributed by atoms with Crippen molar-refractivity contribution in [3.05, 3.63) is 65.2 Å². The second-order valence-corrected chi connectivity index (χ2v) is 6.31. The van der Waals surface area contributed by atoms with E-state index >= 15 is 0 Å². The molecule has 2 N–H and O–H groups in total. The lowest BCUT2D eigenvalue weighted by Gasteiger charge is -2.14. The first-order chi connectivity index (χ1) is 13.0. The van der Waals surface area contributed by atoms with E-state index in [1.807, 2.05) is 31.2 Å². The third-order valence-electron chi connectivity index (χ3n) is 4.08. The number of carbonyl (C=O) groups excluding carboxylic acids is 1. The maximum atomic E-state index is 12.4. The largest absolute Gasteiger partial charge is 0.491 e. The Labute approximate surface area is 159 Å². The molecule has 0 spiro atoms. The number of carboxylic acids is 1. The summed E-state index contributed by atoms with van der Waals surface area (Å²) in [6, 6.07) is 14.5. The third-order valence-corrected chi connectivity index (χ3v) is 4.08. The van der Waals surface area contributed by atoms with Gasteiger partial charge in [-0.25, -0.2) is 0 Å². The lowest BCUT2D eigenvalue weighted by Crippen LogP contribution is -2.34. The summed E-state index contributed by atoms with van der Waals surface area (Å²) in [5, 5.41) is 12.2. The first-order valence-electron chi connectivity index (χ1n) is 8.78. The van der Waals surface area contributed by atoms with E-state index in [1.165, 1.54) is 0 Å². The second-order valence-electron chi connectivity index (χ2n) is 6.31. The molecule has 0 saturated heterocycles. The summed E-state index contributed by atoms with van der Waals surface area (Å²) >= 11 is 0. The zero-order valence-electron chi connectivity index (χ0n) is 15.6. The summed E-state index contributed by atoms with van der Waals surface area (Å²) in [6.07, 6.45) is 0.359. The molecule has 0 aromatic heterocycles. The number of hydrogen-bond donors (Lipinski definition) is 2. The number of hydrogen-bond acceptors (Lipinski definition) is 4. The van der Waals surface area contributed by atoms with Gasteiger partial charge in [-0.3, -0.25) is 9.59 Å². The Hall–Kier alpha value is -2.86. The van der Waals surface area contributed by atoms with Crippen LogP contribution in [0.1, 0.15) is 21.5 Å². The lowest BCUT2D eigenvalue weighted by molar-refractivity contribution is -0.141. The van der Waals surface area contributed by atoms with Crippen molar-refractivity contribution in [2.24, 2.45) is 5.92 Å². The average Bonchev–Trinajstić information content (AvgIpc) is 2.65. The van der Waals surface area contributed by atoms with Crippen LogP contribution in [0.25, 0.3) is 0 Å². The van der Waals surface area contributed by atoms with Crippen molar-refractivity contribution in [1.29, 1.82) is 0 Å². The molecular weight excluding hydrogens is 346 g/mol. The van der Waals surface area contributed by atoms with Crippen LogP contribution >= 0.6 is 0 Å². The topological polar surface area (TPSA) is 84.9 Å². The van der Waals surface area contributed by atoms with E-state index in [-0.39, 0.29) is 12.5 Å². The van der Waals surface area contributed by atoms with Crippen LogP contribution in [-0.2, 0) is 16.0 Å². The fraction of sp³-hybridized carbons (Fsp3) is 0.333. The fourth-order valence-corrected chi connectivity index (χ4v) is 2.66. The molecule has 27 heavy (non-hydrogen) atoms. The fourth-order valence-electron chi connectivity index (χ4n) is 2.66. The molecule has 0 aliphatic heterocycles. The molecular formula is C21H25NO5. The summed E-state index contributed by atoms with van der Waals surface area (Å²) < 4.78 is 10.4. The van der Waals surface area contributed by atoms with Gasteiger partial charge < -0.3 is 19.9 Å². The van der Waals surface area contributed by atoms with Gasteiger partial charge in [0.2, 0.25) is 0 Å². The van der Waals surface area contributed by atoms with E-state index in [4.69, 9.17) is 9.47 Å². The van der Waals surface area contributed by atoms with Gasteiger partial charge in [0.15, 0.2) is 0 Å². The predicted octanol–water partition coefficient (Wildman–Crippen LogP) is 2.69. The smallest absolute Gasteiger partial charge is 0.308 e. The highest BCUT2D eigenvalue weighted by molar-refractivity contribution is 5.94. The minimum absolute atomic E-state index is 0.0524. The van der Waals surface area contributed by atoms with Crippen LogP contribution in [0.15, 0.2) is 48.5 Å². The Morgan fingerprint density at radius 2 is 1.89 bits per heavy atom. The van der Waals surface area contributed by atoms with Gasteiger partial charge in [0.25, 0.3) is 5.91 Å². The van der Waals surface area contributed by atoms with E-state index in [0.717, 1.165) is 11.1 Å². The van der Waals surface area contributed by atoms with Crippen LogP contribution in [0.4, 0.5) is 0 Å². The van der Waals surface area contributed by atoms with Crippen molar-refractivity contribution >= 4 is 11.9 Å². The summed E-state index contributed by atoms with van der Waals surface area (Å²) in [5.74, 6) is -1.40. The number of carbonyl (C=O) groups is 2. The number of aliphatic carboxylic acids is 1. The Morgan fingerprint density at radius 1 is 1.11 bits per heavy atom. The lowest BCUT2D eigenvalue weighted by atomic mass is 9.98. The SMILES string of the molecule is COCCOc1cccc(C(=O)NCC(Cc2cccc(C)c2)C(=O)O)c1. The van der Waals surface area contributed by atoms with Crippen molar-refractivity contribution in [2.45, 2.75) is 13.3 Å². The van der Waals surface area contributed by atoms with Crippen LogP contribution in [0.2, 0.25) is 0 Å². The standard InChI is InChI=1S/C21H25NO5/c1-15-5-3-6-16(11-15)12-18(21(24)25)14-22-20(23)17-7-4-8-19(13-17)27-10-9-26-2/h3-8,11,13,18H,9-10,12,14H2,1-2H3,(H,22,23)(H,24,25). The molecule has 1 atom stereocenters. The summed E-state index contributed by atoms with van der Waals surface area (Å²) in [5.41, 5.74) is 2.43. The van der Waals surface area contributed by atoms with E-state index in [0.29, 0.717) is 30.9 Å². The number of methoxy groups -OCH3 is 1. The molecule has 1 amide bonds. The molecule has 0 fully saturated rings. The quantitative estimate of drug-likeness (QED) is 0.627. The number of amides is 1. The highest BCUT2D eigenvalue weighted by Gasteiger charge is 2.19. The summed E-state index contributed by atoms with van der Waals surface area (Å²) in [4.78, 5) is 23.9. The molecule has 0 aliphatic rings. The first kappa shape index (κ1) is 20.5. The van der Waals surface area contributed by atoms with Gasteiger partial charge in [-0.2, -0.15) is 0 Å². The second kappa shape index (κ2) is 10.3. The number of ether oxygens (including phenoxy) is 2. The van der Waals surface area contributed by atoms with Crippen molar-refractivity contribution in [3.63, 3.8) is 0 Å². The molecule has 0 radical (unpaired) electrons. The number of nitrogens with one attached hydrogen (secondary N) is 1. The predicted molar refractivity (Wildman–Crippen MR) is 102 cm³/mol. The van der Waals surface area contributed by atoms with Crippen molar-refractivity contribution < 1.29 is 24.2 Å². The molecule has 0 aliphatic carbocycles. The van der Waals surface area contributed by atoms with Crippen LogP contribution in [-0.4, -0.2) is 43.9 Å². The van der Waals surface area contributed by atoms with Crippen LogP contribution in [0.5, 0.6) is 5.75 Å². The highest BCUT2D eigenvalue weighted by Crippen LogP contribution is 2.14. The van der Waals surface area contributed by atoms with Gasteiger partial charge in [0.05, 0.1) is 12.5 Å². The first-order valence-corrected chi connectivity index (χ1v) is 8.78. The van der Waals surface area contributed by atoms with Gasteiger partial charge in [0.1, 0.15) is 12.4 Å². The van der Waals surface area contributed by atoms with Gasteiger partial charge >= 0.3 is 5.97 Å². The van der Waals surface area contributed by atoms with E-state index in [1.54, 1.807) is 31.4 Å². The molecule has 2 aromatic carbocycles. The van der Waals surface area contributed by atoms with Gasteiger partial charge in [0, 0.05) is 19.2 Å². The van der Waals surface area contributed by atoms with E-state index in [2.05, 4.69) is 5.32 Å². The highest BCUT2D eigenvalue weighted by atomic mass is 16.5. The zero-order chi connectivity index (χ0) is 19.6. The number of carboxylic acid groups (broad SMARTS) is 1. The monoisotopic (exact) mass is 371 g/mol. The number of benzene rings is 2. The molecule has 6 heteroatoms. The Morgan fingerprint density at radius 3 is 2.59 bits per heavy atom. The third kappa shape index (κ3) is 6.75. The molecule has 0 heterocycles. The van der Waals surface area contributed by atoms with Gasteiger partial charge in [-0.05, 0) is 37.1 Å². The molecule has 6 nitrogen and oxygen atoms in total. The Bertz CT molecular complexity index is 775. The van der Waals surface area contributed by atoms with Gasteiger partial charge in [-0.1, -0.05) is 35.9 Å². The van der Waals surface area contributed by atoms with Crippen molar-refractivity contribution in [3.8, 4) is 5.75 Å². The van der Waals surface area contributed by atoms with Crippen molar-refractivity contribution in [2.75, 3.05) is 26.9 Å². The van der Waals surface area contributed by atoms with Gasteiger partial charge in [-0.15, -0.1) is 0 Å². The zero-order valence-corrected chi connectivity index (χ0v) is 15.6. The minimum atomic E-state index is -0.937. The number of aryl methyl sites for hydroxylation is 1. The molecule has 2 rings (SSSR count). The molecule has 0 bridgehead atoms. The van der Waals surface area contributed by atoms with Crippen LogP contribution in [0.3, 0.4) is 0 Å². The normalized spacial score (nSPS) is 11.6. The average molecular weight is 371 g/mol. The minimum Gasteiger partial charge on any atom is -0.491 e. The molecule has 2 aromatic rings. The van der Waals surface area contributed by atoms with Crippen LogP contribution < -0.4 is 10.1 Å². The maximum Gasteiger partial charge on any atom is 0.308 e. The Balaban J connectivity index is 1.95. The Kier molecular flexibility index (Phi) is 7.82. The van der Waals surface area contributed by atoms with Crippen molar-refractivity contribution in [1.82, 2.24) is 5.32 Å². The number of rotatable bonds is 10. The van der Waals surface area contributed by atoms with E-state index < -0.39 is 11.9 Å². The molecule has 0 saturated carbocycles. The summed E-state index contributed by atoms with van der Waals surface area (Å²) in [6.45, 7) is 2.86. The van der Waals surface area contributed by atoms with E-state index in [9.17, 15) is 14.7 Å². The summed E-state index contributed by atoms with van der Waals surface area (Å²) in [7, 11) is 1.59. The molecule has 144 valence electrons. The maximum absolute atomic E-state index is 12.4.